The largest absolute Gasteiger partial charge is 0.459 e. The van der Waals surface area contributed by atoms with Crippen molar-refractivity contribution in [3.63, 3.8) is 0 Å². The van der Waals surface area contributed by atoms with Crippen molar-refractivity contribution in [1.82, 2.24) is 21.0 Å². The van der Waals surface area contributed by atoms with E-state index in [1.54, 1.807) is 27.7 Å². The van der Waals surface area contributed by atoms with Gasteiger partial charge in [0.05, 0.1) is 30.5 Å². The highest BCUT2D eigenvalue weighted by molar-refractivity contribution is 6.00. The third-order valence-electron chi connectivity index (χ3n) is 13.2. The number of rotatable bonds is 22. The van der Waals surface area contributed by atoms with Gasteiger partial charge in [-0.25, -0.2) is 0 Å². The summed E-state index contributed by atoms with van der Waals surface area (Å²) in [5, 5.41) is 42.0. The summed E-state index contributed by atoms with van der Waals surface area (Å²) in [5.74, 6) is -2.64. The Bertz CT molecular complexity index is 1830. The zero-order chi connectivity index (χ0) is 49.3. The van der Waals surface area contributed by atoms with Gasteiger partial charge in [-0.1, -0.05) is 51.1 Å². The number of nitrogens with one attached hydrogen (secondary N) is 3. The zero-order valence-corrected chi connectivity index (χ0v) is 41.9. The molecule has 2 heterocycles. The number of para-hydroxylation sites is 1. The van der Waals surface area contributed by atoms with Gasteiger partial charge >= 0.3 is 5.97 Å². The van der Waals surface area contributed by atoms with Crippen molar-refractivity contribution < 1.29 is 58.2 Å². The number of carbonyl (C=O) groups is 2. The number of ether oxygens (including phenoxy) is 6. The minimum absolute atomic E-state index is 0.162. The average molecular weight is 943 g/mol. The lowest BCUT2D eigenvalue weighted by molar-refractivity contribution is -0.294. The van der Waals surface area contributed by atoms with Gasteiger partial charge in [-0.2, -0.15) is 0 Å². The number of Topliss-reactive ketones (excluding diaryl/α,β-unsaturated/α-hetero) is 1. The van der Waals surface area contributed by atoms with Crippen molar-refractivity contribution in [1.29, 1.82) is 0 Å². The van der Waals surface area contributed by atoms with Gasteiger partial charge in [-0.05, 0) is 123 Å². The van der Waals surface area contributed by atoms with Crippen LogP contribution in [0.5, 0.6) is 11.5 Å². The number of nitrogens with zero attached hydrogens (tertiary/aromatic N) is 1. The summed E-state index contributed by atoms with van der Waals surface area (Å²) in [6.45, 7) is 18.0. The van der Waals surface area contributed by atoms with Crippen LogP contribution in [0, 0.1) is 17.8 Å². The van der Waals surface area contributed by atoms with Crippen LogP contribution in [0.25, 0.3) is 0 Å². The van der Waals surface area contributed by atoms with Crippen LogP contribution in [0.3, 0.4) is 0 Å². The fourth-order valence-electron chi connectivity index (χ4n) is 9.10. The van der Waals surface area contributed by atoms with E-state index in [9.17, 15) is 24.9 Å². The number of hydrogen-bond acceptors (Lipinski definition) is 16. The van der Waals surface area contributed by atoms with Crippen LogP contribution in [-0.2, 0) is 44.7 Å². The summed E-state index contributed by atoms with van der Waals surface area (Å²) in [6.07, 6.45) is -3.42. The predicted molar refractivity (Wildman–Crippen MR) is 256 cm³/mol. The molecule has 1 fully saturated rings. The van der Waals surface area contributed by atoms with E-state index in [4.69, 9.17) is 33.3 Å². The Morgan fingerprint density at radius 1 is 0.881 bits per heavy atom. The second kappa shape index (κ2) is 27.0. The van der Waals surface area contributed by atoms with E-state index in [1.807, 2.05) is 81.4 Å². The Morgan fingerprint density at radius 2 is 1.55 bits per heavy atom. The molecule has 16 nitrogen and oxygen atoms in total. The fraction of sp³-hybridized carbons (Fsp3) is 0.686. The monoisotopic (exact) mass is 943 g/mol. The number of hydroxylamine groups is 1. The number of likely N-dealkylation sites (N-methyl/N-ethyl adjacent to an activating group) is 1. The Labute approximate surface area is 399 Å². The number of esters is 1. The van der Waals surface area contributed by atoms with E-state index in [-0.39, 0.29) is 31.6 Å². The molecule has 4 rings (SSSR count). The molecule has 2 aliphatic heterocycles. The molecular weight excluding hydrogens is 861 g/mol. The second-order valence-corrected chi connectivity index (χ2v) is 19.0. The van der Waals surface area contributed by atoms with Crippen molar-refractivity contribution in [3.05, 3.63) is 71.4 Å². The summed E-state index contributed by atoms with van der Waals surface area (Å²) >= 11 is 0. The molecule has 0 radical (unpaired) electrons. The van der Waals surface area contributed by atoms with Crippen LogP contribution in [0.2, 0.25) is 0 Å². The minimum Gasteiger partial charge on any atom is -0.459 e. The lowest BCUT2D eigenvalue weighted by Crippen LogP contribution is -2.59. The topological polar surface area (TPSA) is 199 Å². The third-order valence-corrected chi connectivity index (χ3v) is 13.2. The average Bonchev–Trinajstić information content (AvgIpc) is 3.30. The normalized spacial score (nSPS) is 31.4. The number of hydrogen-bond donors (Lipinski definition) is 6. The fourth-order valence-corrected chi connectivity index (χ4v) is 9.10. The predicted octanol–water partition coefficient (Wildman–Crippen LogP) is 5.28. The Kier molecular flexibility index (Phi) is 22.6. The van der Waals surface area contributed by atoms with E-state index in [1.165, 1.54) is 21.0 Å². The molecule has 1 saturated heterocycles. The highest BCUT2D eigenvalue weighted by Gasteiger charge is 2.50. The van der Waals surface area contributed by atoms with Gasteiger partial charge in [-0.15, -0.1) is 0 Å². The first-order valence-electron chi connectivity index (χ1n) is 24.1. The second-order valence-electron chi connectivity index (χ2n) is 19.0. The summed E-state index contributed by atoms with van der Waals surface area (Å²) in [6, 6.07) is 17.5. The van der Waals surface area contributed by atoms with Gasteiger partial charge in [0.1, 0.15) is 35.2 Å². The molecule has 0 unspecified atom stereocenters. The van der Waals surface area contributed by atoms with Crippen molar-refractivity contribution in [2.75, 3.05) is 60.7 Å². The molecule has 0 amide bonds. The number of cyclic esters (lactones) is 1. The van der Waals surface area contributed by atoms with Crippen LogP contribution in [-0.4, -0.2) is 147 Å². The smallest absolute Gasteiger partial charge is 0.316 e. The van der Waals surface area contributed by atoms with E-state index >= 15 is 0 Å². The summed E-state index contributed by atoms with van der Waals surface area (Å²) in [4.78, 5) is 35.8. The van der Waals surface area contributed by atoms with E-state index in [2.05, 4.69) is 22.2 Å². The first kappa shape index (κ1) is 56.1. The number of benzene rings is 2. The molecule has 0 saturated carbocycles. The van der Waals surface area contributed by atoms with Gasteiger partial charge in [0.15, 0.2) is 12.1 Å². The molecule has 0 bridgehead atoms. The van der Waals surface area contributed by atoms with Crippen molar-refractivity contribution in [2.45, 2.75) is 148 Å². The van der Waals surface area contributed by atoms with Crippen LogP contribution in [0.15, 0.2) is 65.9 Å². The molecule has 2 aromatic rings. The highest BCUT2D eigenvalue weighted by Crippen LogP contribution is 2.39. The van der Waals surface area contributed by atoms with Crippen molar-refractivity contribution in [2.24, 2.45) is 17.8 Å². The van der Waals surface area contributed by atoms with E-state index in [0.717, 1.165) is 49.5 Å². The summed E-state index contributed by atoms with van der Waals surface area (Å²) < 4.78 is 36.7. The van der Waals surface area contributed by atoms with Gasteiger partial charge in [-0.3, -0.25) is 19.9 Å². The van der Waals surface area contributed by atoms with Gasteiger partial charge in [0, 0.05) is 63.4 Å². The van der Waals surface area contributed by atoms with Crippen molar-refractivity contribution in [3.8, 4) is 11.5 Å². The highest BCUT2D eigenvalue weighted by atomic mass is 16.7. The molecular formula is C51H82N4O12. The Hall–Kier alpha value is -3.52. The maximum Gasteiger partial charge on any atom is 0.316 e. The van der Waals surface area contributed by atoms with E-state index in [0.29, 0.717) is 37.4 Å². The molecule has 67 heavy (non-hydrogen) atoms. The van der Waals surface area contributed by atoms with Crippen LogP contribution >= 0.6 is 0 Å². The number of ketones is 1. The SMILES string of the molecule is CC[C@H]1OC(=O)[C@H](C)C(=O)[C@H](C)[C@@H](O[C@@H]2O[C@H](C)C[C@H](N(C)C)[C@H]2O)[C@@](C)(OC)CC(C)=C(NOCCNCCCOCCCNCc2cccc(Oc3ccccc3)c2)[C@H](C)[C@@H](O)[C@]1(C)O. The number of methoxy groups -OCH3 is 1. The number of aliphatic hydroxyl groups is 3. The lowest BCUT2D eigenvalue weighted by Gasteiger charge is -2.46. The summed E-state index contributed by atoms with van der Waals surface area (Å²) in [5.41, 5.74) is 2.24. The van der Waals surface area contributed by atoms with E-state index < -0.39 is 71.4 Å². The van der Waals surface area contributed by atoms with Gasteiger partial charge in [0.25, 0.3) is 0 Å². The lowest BCUT2D eigenvalue weighted by atomic mass is 9.77. The van der Waals surface area contributed by atoms with Crippen LogP contribution in [0.1, 0.15) is 93.1 Å². The molecule has 0 spiro atoms. The maximum absolute atomic E-state index is 14.2. The minimum atomic E-state index is -1.91. The molecule has 12 atom stereocenters. The summed E-state index contributed by atoms with van der Waals surface area (Å²) in [7, 11) is 5.28. The maximum atomic E-state index is 14.2. The molecule has 0 aromatic heterocycles. The number of aliphatic hydroxyl groups excluding tert-OH is 2. The first-order chi connectivity index (χ1) is 31.8. The molecule has 6 N–H and O–H groups in total. The van der Waals surface area contributed by atoms with Crippen LogP contribution in [0.4, 0.5) is 0 Å². The van der Waals surface area contributed by atoms with Gasteiger partial charge in [0.2, 0.25) is 0 Å². The molecule has 16 heteroatoms. The van der Waals surface area contributed by atoms with Crippen molar-refractivity contribution >= 4 is 11.8 Å². The molecule has 0 aliphatic carbocycles. The quantitative estimate of drug-likeness (QED) is 0.0386. The van der Waals surface area contributed by atoms with Crippen LogP contribution < -0.4 is 20.9 Å². The molecule has 2 aliphatic rings. The standard InChI is InChI=1S/C51H82N4O12/c1-12-42-51(8,60)46(58)35(4)43(54-63-28-25-52-23-17-26-62-27-18-24-53-32-38-19-16-22-40(30-38)65-39-20-14-13-15-21-39)33(2)31-50(7,61-11)47(36(5)44(56)37(6)48(59)66-42)67-49-45(57)41(55(9)10)29-34(3)64-49/h13-16,19-22,30,34-37,41-42,45-47,49,52-54,57-58,60H,12,17-18,23-29,31-32H2,1-11H3/t34-,35+,36+,37-,41+,42-,45-,46-,47-,49+,50+,51-/m1/s1. The number of carbonyl (C=O) groups excluding carboxylic acids is 2. The van der Waals surface area contributed by atoms with Gasteiger partial charge < -0.3 is 59.3 Å². The molecule has 378 valence electrons. The third kappa shape index (κ3) is 16.0. The zero-order valence-electron chi connectivity index (χ0n) is 41.9. The Balaban J connectivity index is 1.35. The molecule has 2 aromatic carbocycles. The Morgan fingerprint density at radius 3 is 2.21 bits per heavy atom. The first-order valence-corrected chi connectivity index (χ1v) is 24.1.